The van der Waals surface area contributed by atoms with Crippen molar-refractivity contribution in [3.63, 3.8) is 0 Å². The lowest BCUT2D eigenvalue weighted by Gasteiger charge is -2.10. The molecule has 2 heterocycles. The van der Waals surface area contributed by atoms with E-state index < -0.39 is 11.6 Å². The van der Waals surface area contributed by atoms with E-state index in [4.69, 9.17) is 5.73 Å². The summed E-state index contributed by atoms with van der Waals surface area (Å²) in [5, 5.41) is 0. The molecule has 2 N–H and O–H groups in total. The smallest absolute Gasteiger partial charge is 0.147 e. The first-order chi connectivity index (χ1) is 9.66. The maximum absolute atomic E-state index is 13.9. The van der Waals surface area contributed by atoms with Gasteiger partial charge in [-0.1, -0.05) is 0 Å². The van der Waals surface area contributed by atoms with Gasteiger partial charge in [0, 0.05) is 17.8 Å². The number of hydrogen-bond acceptors (Lipinski definition) is 3. The van der Waals surface area contributed by atoms with Gasteiger partial charge in [0.05, 0.1) is 23.9 Å². The summed E-state index contributed by atoms with van der Waals surface area (Å²) in [6.45, 7) is 0. The van der Waals surface area contributed by atoms with E-state index in [1.807, 2.05) is 0 Å². The molecule has 0 unspecified atom stereocenters. The Kier molecular flexibility index (Phi) is 2.90. The van der Waals surface area contributed by atoms with Crippen LogP contribution in [0.25, 0.3) is 16.9 Å². The van der Waals surface area contributed by atoms with Gasteiger partial charge in [-0.05, 0) is 24.3 Å². The number of rotatable bonds is 2. The van der Waals surface area contributed by atoms with E-state index in [-0.39, 0.29) is 5.69 Å². The molecule has 0 spiro atoms. The first-order valence-electron chi connectivity index (χ1n) is 5.85. The van der Waals surface area contributed by atoms with E-state index in [1.165, 1.54) is 17.1 Å². The second-order valence-electron chi connectivity index (χ2n) is 4.18. The van der Waals surface area contributed by atoms with E-state index >= 15 is 0 Å². The van der Waals surface area contributed by atoms with Crippen LogP contribution in [0.3, 0.4) is 0 Å². The van der Waals surface area contributed by atoms with Gasteiger partial charge in [0.25, 0.3) is 0 Å². The number of pyridine rings is 1. The van der Waals surface area contributed by atoms with Gasteiger partial charge < -0.3 is 5.73 Å². The Morgan fingerprint density at radius 1 is 1.15 bits per heavy atom. The van der Waals surface area contributed by atoms with Gasteiger partial charge in [-0.15, -0.1) is 0 Å². The van der Waals surface area contributed by atoms with Gasteiger partial charge in [0.1, 0.15) is 17.5 Å². The van der Waals surface area contributed by atoms with E-state index in [0.29, 0.717) is 17.1 Å². The molecule has 0 atom stereocenters. The summed E-state index contributed by atoms with van der Waals surface area (Å²) in [6.07, 6.45) is 4.49. The number of halogens is 2. The summed E-state index contributed by atoms with van der Waals surface area (Å²) in [5.41, 5.74) is 7.02. The summed E-state index contributed by atoms with van der Waals surface area (Å²) < 4.78 is 28.6. The number of imidazole rings is 1. The highest BCUT2D eigenvalue weighted by Gasteiger charge is 2.13. The van der Waals surface area contributed by atoms with Crippen LogP contribution in [0.1, 0.15) is 0 Å². The molecule has 0 amide bonds. The van der Waals surface area contributed by atoms with Crippen molar-refractivity contribution in [2.45, 2.75) is 0 Å². The Labute approximate surface area is 113 Å². The normalized spacial score (nSPS) is 10.7. The minimum absolute atomic E-state index is 0.0701. The second kappa shape index (κ2) is 4.73. The maximum atomic E-state index is 13.9. The van der Waals surface area contributed by atoms with Crippen molar-refractivity contribution in [2.24, 2.45) is 0 Å². The molecule has 100 valence electrons. The Bertz CT molecular complexity index is 767. The van der Waals surface area contributed by atoms with Crippen molar-refractivity contribution >= 4 is 5.82 Å². The fourth-order valence-electron chi connectivity index (χ4n) is 1.99. The fourth-order valence-corrected chi connectivity index (χ4v) is 1.99. The highest BCUT2D eigenvalue weighted by Crippen LogP contribution is 2.27. The molecule has 0 saturated heterocycles. The van der Waals surface area contributed by atoms with Crippen LogP contribution in [0, 0.1) is 11.6 Å². The number of hydrogen-bond donors (Lipinski definition) is 1. The second-order valence-corrected chi connectivity index (χ2v) is 4.18. The maximum Gasteiger partial charge on any atom is 0.147 e. The zero-order valence-electron chi connectivity index (χ0n) is 10.3. The molecular formula is C14H10F2N4. The van der Waals surface area contributed by atoms with Crippen LogP contribution in [0.4, 0.5) is 14.6 Å². The van der Waals surface area contributed by atoms with Crippen LogP contribution >= 0.6 is 0 Å². The van der Waals surface area contributed by atoms with Crippen molar-refractivity contribution in [3.05, 3.63) is 60.7 Å². The zero-order valence-corrected chi connectivity index (χ0v) is 10.3. The van der Waals surface area contributed by atoms with E-state index in [9.17, 15) is 8.78 Å². The van der Waals surface area contributed by atoms with Crippen LogP contribution in [0.5, 0.6) is 0 Å². The largest absolute Gasteiger partial charge is 0.383 e. The monoisotopic (exact) mass is 272 g/mol. The third-order valence-electron chi connectivity index (χ3n) is 2.92. The SMILES string of the molecule is Nc1ncccc1-c1cncn1-c1cc(F)ccc1F. The summed E-state index contributed by atoms with van der Waals surface area (Å²) in [7, 11) is 0. The Balaban J connectivity index is 2.21. The highest BCUT2D eigenvalue weighted by atomic mass is 19.1. The molecule has 0 aliphatic heterocycles. The molecule has 1 aromatic carbocycles. The Morgan fingerprint density at radius 2 is 2.00 bits per heavy atom. The number of nitrogen functional groups attached to an aromatic ring is 1. The van der Waals surface area contributed by atoms with Crippen LogP contribution < -0.4 is 5.73 Å². The summed E-state index contributed by atoms with van der Waals surface area (Å²) in [6, 6.07) is 6.69. The zero-order chi connectivity index (χ0) is 14.1. The first-order valence-corrected chi connectivity index (χ1v) is 5.85. The highest BCUT2D eigenvalue weighted by molar-refractivity contribution is 5.72. The van der Waals surface area contributed by atoms with Gasteiger partial charge in [0.15, 0.2) is 0 Å². The molecule has 0 aliphatic carbocycles. The lowest BCUT2D eigenvalue weighted by molar-refractivity contribution is 0.593. The Morgan fingerprint density at radius 3 is 2.80 bits per heavy atom. The quantitative estimate of drug-likeness (QED) is 0.780. The summed E-state index contributed by atoms with van der Waals surface area (Å²) >= 11 is 0. The predicted octanol–water partition coefficient (Wildman–Crippen LogP) is 2.79. The molecule has 3 rings (SSSR count). The average Bonchev–Trinajstić information content (AvgIpc) is 2.91. The van der Waals surface area contributed by atoms with Crippen molar-refractivity contribution in [2.75, 3.05) is 5.73 Å². The topological polar surface area (TPSA) is 56.7 Å². The van der Waals surface area contributed by atoms with Gasteiger partial charge in [0.2, 0.25) is 0 Å². The number of anilines is 1. The van der Waals surface area contributed by atoms with Crippen LogP contribution in [-0.2, 0) is 0 Å². The lowest BCUT2D eigenvalue weighted by atomic mass is 10.2. The van der Waals surface area contributed by atoms with E-state index in [2.05, 4.69) is 9.97 Å². The molecule has 0 radical (unpaired) electrons. The fraction of sp³-hybridized carbons (Fsp3) is 0. The molecule has 0 fully saturated rings. The van der Waals surface area contributed by atoms with Gasteiger partial charge in [-0.25, -0.2) is 18.7 Å². The molecule has 4 nitrogen and oxygen atoms in total. The van der Waals surface area contributed by atoms with Crippen LogP contribution in [-0.4, -0.2) is 14.5 Å². The van der Waals surface area contributed by atoms with Crippen molar-refractivity contribution in [1.82, 2.24) is 14.5 Å². The molecule has 0 bridgehead atoms. The number of nitrogens with zero attached hydrogens (tertiary/aromatic N) is 3. The number of aromatic nitrogens is 3. The number of nitrogens with two attached hydrogens (primary N) is 1. The minimum Gasteiger partial charge on any atom is -0.383 e. The third-order valence-corrected chi connectivity index (χ3v) is 2.92. The first kappa shape index (κ1) is 12.3. The Hall–Kier alpha value is -2.76. The van der Waals surface area contributed by atoms with Crippen molar-refractivity contribution in [3.8, 4) is 16.9 Å². The van der Waals surface area contributed by atoms with E-state index in [0.717, 1.165) is 18.2 Å². The third kappa shape index (κ3) is 2.01. The van der Waals surface area contributed by atoms with Crippen molar-refractivity contribution in [1.29, 1.82) is 0 Å². The standard InChI is InChI=1S/C14H10F2N4/c15-9-3-4-11(16)12(6-9)20-8-18-7-13(20)10-2-1-5-19-14(10)17/h1-8H,(H2,17,19). The lowest BCUT2D eigenvalue weighted by Crippen LogP contribution is -2.01. The molecule has 0 saturated carbocycles. The molecule has 2 aromatic heterocycles. The molecular weight excluding hydrogens is 262 g/mol. The summed E-state index contributed by atoms with van der Waals surface area (Å²) in [4.78, 5) is 7.96. The molecule has 6 heteroatoms. The predicted molar refractivity (Wildman–Crippen MR) is 71.1 cm³/mol. The van der Waals surface area contributed by atoms with Crippen LogP contribution in [0.2, 0.25) is 0 Å². The van der Waals surface area contributed by atoms with Gasteiger partial charge in [-0.3, -0.25) is 4.57 Å². The molecule has 20 heavy (non-hydrogen) atoms. The van der Waals surface area contributed by atoms with Gasteiger partial charge >= 0.3 is 0 Å². The number of benzene rings is 1. The van der Waals surface area contributed by atoms with E-state index in [1.54, 1.807) is 18.3 Å². The average molecular weight is 272 g/mol. The molecule has 0 aliphatic rings. The van der Waals surface area contributed by atoms with Crippen molar-refractivity contribution < 1.29 is 8.78 Å². The molecule has 3 aromatic rings. The summed E-state index contributed by atoms with van der Waals surface area (Å²) in [5.74, 6) is -0.778. The van der Waals surface area contributed by atoms with Crippen LogP contribution in [0.15, 0.2) is 49.1 Å². The minimum atomic E-state index is -0.548. The van der Waals surface area contributed by atoms with Gasteiger partial charge in [-0.2, -0.15) is 0 Å².